The highest BCUT2D eigenvalue weighted by atomic mass is 15.2. The smallest absolute Gasteiger partial charge is 0.0284 e. The fourth-order valence-electron chi connectivity index (χ4n) is 3.02. The Morgan fingerprint density at radius 3 is 2.28 bits per heavy atom. The Kier molecular flexibility index (Phi) is 4.79. The Balaban J connectivity index is 2.09. The van der Waals surface area contributed by atoms with E-state index in [1.54, 1.807) is 0 Å². The summed E-state index contributed by atoms with van der Waals surface area (Å²) in [6, 6.07) is 9.57. The highest BCUT2D eigenvalue weighted by Crippen LogP contribution is 2.25. The van der Waals surface area contributed by atoms with Crippen molar-refractivity contribution in [1.82, 2.24) is 4.90 Å². The lowest BCUT2D eigenvalue weighted by molar-refractivity contribution is 0.221. The van der Waals surface area contributed by atoms with E-state index in [0.717, 1.165) is 13.0 Å². The Labute approximate surface area is 111 Å². The second kappa shape index (κ2) is 6.35. The van der Waals surface area contributed by atoms with E-state index in [4.69, 9.17) is 5.73 Å². The monoisotopic (exact) mass is 246 g/mol. The maximum atomic E-state index is 6.01. The Morgan fingerprint density at radius 1 is 1.17 bits per heavy atom. The van der Waals surface area contributed by atoms with Gasteiger partial charge in [-0.2, -0.15) is 0 Å². The predicted molar refractivity (Wildman–Crippen MR) is 77.9 cm³/mol. The minimum atomic E-state index is 0.500. The molecular weight excluding hydrogens is 220 g/mol. The van der Waals surface area contributed by atoms with Gasteiger partial charge in [-0.3, -0.25) is 4.90 Å². The summed E-state index contributed by atoms with van der Waals surface area (Å²) in [5.74, 6) is 0.527. The van der Waals surface area contributed by atoms with Crippen LogP contribution in [0.15, 0.2) is 24.3 Å². The number of hydrogen-bond donors (Lipinski definition) is 1. The normalized spacial score (nSPS) is 19.9. The summed E-state index contributed by atoms with van der Waals surface area (Å²) in [7, 11) is 0. The second-order valence-electron chi connectivity index (χ2n) is 5.43. The third-order valence-corrected chi connectivity index (χ3v) is 4.34. The van der Waals surface area contributed by atoms with E-state index in [0.29, 0.717) is 12.0 Å². The van der Waals surface area contributed by atoms with E-state index >= 15 is 0 Å². The average Bonchev–Trinajstić information content (AvgIpc) is 2.93. The molecule has 100 valence electrons. The van der Waals surface area contributed by atoms with Gasteiger partial charge in [-0.1, -0.05) is 38.1 Å². The number of rotatable bonds is 5. The molecule has 1 aliphatic rings. The topological polar surface area (TPSA) is 29.3 Å². The molecule has 0 aromatic heterocycles. The van der Waals surface area contributed by atoms with Gasteiger partial charge < -0.3 is 5.73 Å². The predicted octanol–water partition coefficient (Wildman–Crippen LogP) is 2.78. The number of hydrogen-bond acceptors (Lipinski definition) is 2. The van der Waals surface area contributed by atoms with Crippen molar-refractivity contribution in [3.05, 3.63) is 35.4 Å². The molecule has 0 radical (unpaired) electrons. The van der Waals surface area contributed by atoms with E-state index in [1.807, 2.05) is 0 Å². The van der Waals surface area contributed by atoms with Gasteiger partial charge in [0.05, 0.1) is 0 Å². The Morgan fingerprint density at radius 2 is 1.78 bits per heavy atom. The van der Waals surface area contributed by atoms with Crippen LogP contribution < -0.4 is 5.73 Å². The minimum absolute atomic E-state index is 0.500. The lowest BCUT2D eigenvalue weighted by atomic mass is 9.91. The summed E-state index contributed by atoms with van der Waals surface area (Å²) < 4.78 is 0. The van der Waals surface area contributed by atoms with Crippen molar-refractivity contribution in [2.75, 3.05) is 19.6 Å². The Hall–Kier alpha value is -0.860. The van der Waals surface area contributed by atoms with Crippen LogP contribution in [0.25, 0.3) is 0 Å². The van der Waals surface area contributed by atoms with Crippen LogP contribution in [0, 0.1) is 0 Å². The fraction of sp³-hybridized carbons (Fsp3) is 0.625. The van der Waals surface area contributed by atoms with Crippen molar-refractivity contribution in [2.45, 2.75) is 45.1 Å². The van der Waals surface area contributed by atoms with Crippen molar-refractivity contribution in [3.8, 4) is 0 Å². The molecule has 1 aromatic rings. The van der Waals surface area contributed by atoms with Gasteiger partial charge in [0.15, 0.2) is 0 Å². The summed E-state index contributed by atoms with van der Waals surface area (Å²) in [6.45, 7) is 7.72. The summed E-state index contributed by atoms with van der Waals surface area (Å²) >= 11 is 0. The van der Waals surface area contributed by atoms with Crippen molar-refractivity contribution in [2.24, 2.45) is 5.73 Å². The maximum Gasteiger partial charge on any atom is 0.0284 e. The molecule has 2 atom stereocenters. The van der Waals surface area contributed by atoms with E-state index < -0.39 is 0 Å². The van der Waals surface area contributed by atoms with Gasteiger partial charge in [0.25, 0.3) is 0 Å². The molecule has 1 fully saturated rings. The number of benzene rings is 1. The van der Waals surface area contributed by atoms with E-state index in [2.05, 4.69) is 43.0 Å². The third kappa shape index (κ3) is 2.93. The fourth-order valence-corrected chi connectivity index (χ4v) is 3.02. The molecule has 1 saturated heterocycles. The average molecular weight is 246 g/mol. The summed E-state index contributed by atoms with van der Waals surface area (Å²) in [5, 5.41) is 0. The van der Waals surface area contributed by atoms with Crippen molar-refractivity contribution in [1.29, 1.82) is 0 Å². The van der Waals surface area contributed by atoms with Gasteiger partial charge in [-0.25, -0.2) is 0 Å². The van der Waals surface area contributed by atoms with Crippen LogP contribution in [0.2, 0.25) is 0 Å². The van der Waals surface area contributed by atoms with Crippen LogP contribution in [0.4, 0.5) is 0 Å². The molecule has 1 aliphatic heterocycles. The van der Waals surface area contributed by atoms with Crippen LogP contribution in [-0.4, -0.2) is 30.6 Å². The van der Waals surface area contributed by atoms with Crippen LogP contribution >= 0.6 is 0 Å². The molecule has 2 N–H and O–H groups in total. The van der Waals surface area contributed by atoms with E-state index in [1.165, 1.54) is 37.1 Å². The third-order valence-electron chi connectivity index (χ3n) is 4.34. The first-order chi connectivity index (χ1) is 8.76. The van der Waals surface area contributed by atoms with E-state index in [-0.39, 0.29) is 0 Å². The van der Waals surface area contributed by atoms with Gasteiger partial charge >= 0.3 is 0 Å². The molecule has 0 aliphatic carbocycles. The molecule has 2 nitrogen and oxygen atoms in total. The first-order valence-electron chi connectivity index (χ1n) is 7.29. The molecule has 0 amide bonds. The number of nitrogens with two attached hydrogens (primary N) is 1. The second-order valence-corrected chi connectivity index (χ2v) is 5.43. The highest BCUT2D eigenvalue weighted by molar-refractivity contribution is 5.26. The van der Waals surface area contributed by atoms with Crippen LogP contribution in [0.1, 0.15) is 43.7 Å². The molecule has 0 bridgehead atoms. The minimum Gasteiger partial charge on any atom is -0.329 e. The summed E-state index contributed by atoms with van der Waals surface area (Å²) in [5.41, 5.74) is 8.84. The molecule has 2 rings (SSSR count). The summed E-state index contributed by atoms with van der Waals surface area (Å²) in [6.07, 6.45) is 3.77. The lowest BCUT2D eigenvalue weighted by Gasteiger charge is -2.32. The van der Waals surface area contributed by atoms with Gasteiger partial charge in [-0.05, 0) is 49.4 Å². The number of nitrogens with zero attached hydrogens (tertiary/aromatic N) is 1. The zero-order valence-electron chi connectivity index (χ0n) is 11.7. The first-order valence-corrected chi connectivity index (χ1v) is 7.29. The quantitative estimate of drug-likeness (QED) is 0.865. The van der Waals surface area contributed by atoms with Crippen LogP contribution in [-0.2, 0) is 6.42 Å². The summed E-state index contributed by atoms with van der Waals surface area (Å²) in [4.78, 5) is 2.57. The molecule has 1 aromatic carbocycles. The van der Waals surface area contributed by atoms with Crippen LogP contribution in [0.3, 0.4) is 0 Å². The van der Waals surface area contributed by atoms with Gasteiger partial charge in [0.1, 0.15) is 0 Å². The molecule has 0 spiro atoms. The first kappa shape index (κ1) is 13.6. The molecule has 18 heavy (non-hydrogen) atoms. The van der Waals surface area contributed by atoms with Gasteiger partial charge in [0.2, 0.25) is 0 Å². The SMILES string of the molecule is CCc1ccc(C(C)C(CN)N2CCCC2)cc1. The molecular formula is C16H26N2. The van der Waals surface area contributed by atoms with Gasteiger partial charge in [0, 0.05) is 12.6 Å². The van der Waals surface area contributed by atoms with E-state index in [9.17, 15) is 0 Å². The Bertz CT molecular complexity index is 352. The van der Waals surface area contributed by atoms with Crippen LogP contribution in [0.5, 0.6) is 0 Å². The molecule has 2 heteroatoms. The highest BCUT2D eigenvalue weighted by Gasteiger charge is 2.26. The largest absolute Gasteiger partial charge is 0.329 e. The lowest BCUT2D eigenvalue weighted by Crippen LogP contribution is -2.42. The molecule has 1 heterocycles. The maximum absolute atomic E-state index is 6.01. The van der Waals surface area contributed by atoms with Crippen molar-refractivity contribution >= 4 is 0 Å². The zero-order valence-corrected chi connectivity index (χ0v) is 11.7. The van der Waals surface area contributed by atoms with Crippen molar-refractivity contribution in [3.63, 3.8) is 0 Å². The van der Waals surface area contributed by atoms with Gasteiger partial charge in [-0.15, -0.1) is 0 Å². The van der Waals surface area contributed by atoms with Crippen molar-refractivity contribution < 1.29 is 0 Å². The zero-order chi connectivity index (χ0) is 13.0. The molecule has 2 unspecified atom stereocenters. The standard InChI is InChI=1S/C16H26N2/c1-3-14-6-8-15(9-7-14)13(2)16(12-17)18-10-4-5-11-18/h6-9,13,16H,3-5,10-12,17H2,1-2H3. The number of aryl methyl sites for hydroxylation is 1. The molecule has 0 saturated carbocycles. The number of likely N-dealkylation sites (tertiary alicyclic amines) is 1.